The molecule has 1 atom stereocenters. The molecule has 0 saturated carbocycles. The number of hydrogen-bond acceptors (Lipinski definition) is 2. The lowest BCUT2D eigenvalue weighted by Gasteiger charge is -2.18. The Morgan fingerprint density at radius 3 is 2.42 bits per heavy atom. The number of rotatable bonds is 3. The number of urea groups is 1. The molecule has 2 amide bonds. The van der Waals surface area contributed by atoms with Crippen LogP contribution in [-0.4, -0.2) is 17.9 Å². The van der Waals surface area contributed by atoms with Gasteiger partial charge in [-0.2, -0.15) is 0 Å². The van der Waals surface area contributed by atoms with Crippen LogP contribution in [0.3, 0.4) is 0 Å². The van der Waals surface area contributed by atoms with Crippen molar-refractivity contribution in [3.8, 4) is 0 Å². The van der Waals surface area contributed by atoms with Crippen LogP contribution >= 0.6 is 0 Å². The van der Waals surface area contributed by atoms with Crippen molar-refractivity contribution in [3.05, 3.63) is 0 Å². The standard InChI is InChI=1S/C8H15N3O/c1-3-5(4-2)6-7(9)11-8(12)10-6/h5-6H,3-4H2,1-2H3,(H3,9,10,11,12). The lowest BCUT2D eigenvalue weighted by Crippen LogP contribution is -2.35. The first-order chi connectivity index (χ1) is 5.69. The summed E-state index contributed by atoms with van der Waals surface area (Å²) in [5, 5.41) is 12.7. The van der Waals surface area contributed by atoms with Crippen LogP contribution in [0.5, 0.6) is 0 Å². The van der Waals surface area contributed by atoms with Gasteiger partial charge in [-0.05, 0) is 5.92 Å². The normalized spacial score (nSPS) is 22.8. The fourth-order valence-corrected chi connectivity index (χ4v) is 1.56. The lowest BCUT2D eigenvalue weighted by molar-refractivity contribution is 0.245. The van der Waals surface area contributed by atoms with Crippen molar-refractivity contribution in [1.82, 2.24) is 10.6 Å². The number of amidine groups is 1. The maximum atomic E-state index is 10.8. The zero-order valence-electron chi connectivity index (χ0n) is 7.48. The zero-order chi connectivity index (χ0) is 9.14. The maximum absolute atomic E-state index is 10.8. The molecule has 3 N–H and O–H groups in total. The molecule has 68 valence electrons. The van der Waals surface area contributed by atoms with Crippen LogP contribution in [-0.2, 0) is 0 Å². The summed E-state index contributed by atoms with van der Waals surface area (Å²) in [5.41, 5.74) is 0. The molecule has 1 saturated heterocycles. The summed E-state index contributed by atoms with van der Waals surface area (Å²) < 4.78 is 0. The highest BCUT2D eigenvalue weighted by molar-refractivity contribution is 6.05. The van der Waals surface area contributed by atoms with Crippen LogP contribution in [0.2, 0.25) is 0 Å². The Kier molecular flexibility index (Phi) is 2.68. The van der Waals surface area contributed by atoms with Crippen LogP contribution in [0.1, 0.15) is 26.7 Å². The predicted molar refractivity (Wildman–Crippen MR) is 47.3 cm³/mol. The first kappa shape index (κ1) is 9.03. The van der Waals surface area contributed by atoms with E-state index in [2.05, 4.69) is 24.5 Å². The molecular formula is C8H15N3O. The van der Waals surface area contributed by atoms with Gasteiger partial charge >= 0.3 is 6.03 Å². The van der Waals surface area contributed by atoms with Gasteiger partial charge < -0.3 is 5.32 Å². The first-order valence-electron chi connectivity index (χ1n) is 4.35. The number of amides is 2. The highest BCUT2D eigenvalue weighted by Gasteiger charge is 2.31. The van der Waals surface area contributed by atoms with E-state index in [1.165, 1.54) is 0 Å². The van der Waals surface area contributed by atoms with E-state index in [-0.39, 0.29) is 12.1 Å². The molecule has 1 aliphatic rings. The van der Waals surface area contributed by atoms with E-state index in [4.69, 9.17) is 5.41 Å². The van der Waals surface area contributed by atoms with Crippen molar-refractivity contribution in [3.63, 3.8) is 0 Å². The Morgan fingerprint density at radius 2 is 2.08 bits per heavy atom. The summed E-state index contributed by atoms with van der Waals surface area (Å²) in [6.45, 7) is 4.15. The highest BCUT2D eigenvalue weighted by atomic mass is 16.2. The monoisotopic (exact) mass is 169 g/mol. The lowest BCUT2D eigenvalue weighted by atomic mass is 9.94. The maximum Gasteiger partial charge on any atom is 0.320 e. The summed E-state index contributed by atoms with van der Waals surface area (Å²) >= 11 is 0. The van der Waals surface area contributed by atoms with Crippen molar-refractivity contribution in [1.29, 1.82) is 5.41 Å². The molecule has 0 spiro atoms. The topological polar surface area (TPSA) is 65.0 Å². The van der Waals surface area contributed by atoms with Gasteiger partial charge in [-0.1, -0.05) is 26.7 Å². The minimum atomic E-state index is -0.239. The van der Waals surface area contributed by atoms with E-state index in [9.17, 15) is 4.79 Å². The van der Waals surface area contributed by atoms with Gasteiger partial charge in [0.2, 0.25) is 0 Å². The molecule has 1 aliphatic heterocycles. The fraction of sp³-hybridized carbons (Fsp3) is 0.750. The summed E-state index contributed by atoms with van der Waals surface area (Å²) in [4.78, 5) is 10.8. The van der Waals surface area contributed by atoms with E-state index < -0.39 is 0 Å². The van der Waals surface area contributed by atoms with Gasteiger partial charge in [-0.3, -0.25) is 10.7 Å². The van der Waals surface area contributed by atoms with E-state index in [0.29, 0.717) is 11.8 Å². The summed E-state index contributed by atoms with van der Waals surface area (Å²) in [7, 11) is 0. The van der Waals surface area contributed by atoms with Crippen LogP contribution < -0.4 is 10.6 Å². The second-order valence-corrected chi connectivity index (χ2v) is 3.07. The molecule has 1 fully saturated rings. The van der Waals surface area contributed by atoms with Crippen molar-refractivity contribution in [2.24, 2.45) is 5.92 Å². The Bertz CT molecular complexity index is 198. The van der Waals surface area contributed by atoms with E-state index >= 15 is 0 Å². The number of carbonyl (C=O) groups excluding carboxylic acids is 1. The molecule has 0 aromatic rings. The van der Waals surface area contributed by atoms with Crippen molar-refractivity contribution < 1.29 is 4.79 Å². The molecule has 1 heterocycles. The van der Waals surface area contributed by atoms with Gasteiger partial charge in [0.15, 0.2) is 0 Å². The number of carbonyl (C=O) groups is 1. The van der Waals surface area contributed by atoms with E-state index in [0.717, 1.165) is 12.8 Å². The summed E-state index contributed by atoms with van der Waals surface area (Å²) in [6, 6.07) is -0.329. The molecule has 0 radical (unpaired) electrons. The summed E-state index contributed by atoms with van der Waals surface area (Å²) in [5.74, 6) is 0.699. The summed E-state index contributed by atoms with van der Waals surface area (Å²) in [6.07, 6.45) is 1.98. The van der Waals surface area contributed by atoms with Crippen LogP contribution in [0, 0.1) is 11.3 Å². The van der Waals surface area contributed by atoms with Gasteiger partial charge in [-0.25, -0.2) is 4.79 Å². The molecule has 0 aromatic heterocycles. The molecule has 4 heteroatoms. The largest absolute Gasteiger partial charge is 0.328 e. The first-order valence-corrected chi connectivity index (χ1v) is 4.35. The fourth-order valence-electron chi connectivity index (χ4n) is 1.56. The highest BCUT2D eigenvalue weighted by Crippen LogP contribution is 2.15. The van der Waals surface area contributed by atoms with Gasteiger partial charge in [-0.15, -0.1) is 0 Å². The van der Waals surface area contributed by atoms with Crippen molar-refractivity contribution in [2.45, 2.75) is 32.7 Å². The Balaban J connectivity index is 2.62. The second-order valence-electron chi connectivity index (χ2n) is 3.07. The molecule has 4 nitrogen and oxygen atoms in total. The van der Waals surface area contributed by atoms with Gasteiger partial charge in [0.1, 0.15) is 5.84 Å². The Labute approximate surface area is 72.2 Å². The average molecular weight is 169 g/mol. The third kappa shape index (κ3) is 1.57. The Hall–Kier alpha value is -1.06. The van der Waals surface area contributed by atoms with Crippen LogP contribution in [0.4, 0.5) is 4.79 Å². The SMILES string of the molecule is CCC(CC)C1NC(=O)NC1=N. The molecule has 1 rings (SSSR count). The van der Waals surface area contributed by atoms with Gasteiger partial charge in [0, 0.05) is 0 Å². The van der Waals surface area contributed by atoms with Gasteiger partial charge in [0.05, 0.1) is 6.04 Å². The molecule has 0 aliphatic carbocycles. The molecule has 0 aromatic carbocycles. The minimum Gasteiger partial charge on any atom is -0.328 e. The number of nitrogens with one attached hydrogen (secondary N) is 3. The molecular weight excluding hydrogens is 154 g/mol. The minimum absolute atomic E-state index is 0.0903. The molecule has 12 heavy (non-hydrogen) atoms. The van der Waals surface area contributed by atoms with Gasteiger partial charge in [0.25, 0.3) is 0 Å². The van der Waals surface area contributed by atoms with Crippen molar-refractivity contribution in [2.75, 3.05) is 0 Å². The van der Waals surface area contributed by atoms with Crippen molar-refractivity contribution >= 4 is 11.9 Å². The molecule has 0 bridgehead atoms. The third-order valence-corrected chi connectivity index (χ3v) is 2.37. The average Bonchev–Trinajstić information content (AvgIpc) is 2.34. The quantitative estimate of drug-likeness (QED) is 0.581. The second kappa shape index (κ2) is 3.56. The van der Waals surface area contributed by atoms with Crippen LogP contribution in [0.15, 0.2) is 0 Å². The number of hydrogen-bond donors (Lipinski definition) is 3. The smallest absolute Gasteiger partial charge is 0.320 e. The van der Waals surface area contributed by atoms with E-state index in [1.54, 1.807) is 0 Å². The van der Waals surface area contributed by atoms with Crippen LogP contribution in [0.25, 0.3) is 0 Å². The zero-order valence-corrected chi connectivity index (χ0v) is 7.48. The Morgan fingerprint density at radius 1 is 1.50 bits per heavy atom. The third-order valence-electron chi connectivity index (χ3n) is 2.37. The molecule has 1 unspecified atom stereocenters. The van der Waals surface area contributed by atoms with E-state index in [1.807, 2.05) is 0 Å². The predicted octanol–water partition coefficient (Wildman–Crippen LogP) is 1.08.